The molecule has 2 rings (SSSR count). The van der Waals surface area contributed by atoms with E-state index in [4.69, 9.17) is 0 Å². The van der Waals surface area contributed by atoms with Crippen molar-refractivity contribution in [3.8, 4) is 0 Å². The molecular weight excluding hydrogens is 262 g/mol. The molecule has 0 radical (unpaired) electrons. The molecular formula is C18H27NO2. The third-order valence-corrected chi connectivity index (χ3v) is 4.29. The van der Waals surface area contributed by atoms with Crippen LogP contribution < -0.4 is 0 Å². The summed E-state index contributed by atoms with van der Waals surface area (Å²) in [5.74, 6) is -0.682. The highest BCUT2D eigenvalue weighted by atomic mass is 16.4. The molecule has 0 saturated carbocycles. The van der Waals surface area contributed by atoms with Crippen molar-refractivity contribution in [3.63, 3.8) is 0 Å². The Bertz CT molecular complexity index is 516. The highest BCUT2D eigenvalue weighted by molar-refractivity contribution is 5.73. The Morgan fingerprint density at radius 2 is 2.00 bits per heavy atom. The van der Waals surface area contributed by atoms with Gasteiger partial charge < -0.3 is 5.11 Å². The molecule has 21 heavy (non-hydrogen) atoms. The molecule has 0 aliphatic carbocycles. The normalized spacial score (nSPS) is 20.5. The molecule has 3 heteroatoms. The van der Waals surface area contributed by atoms with E-state index in [2.05, 4.69) is 50.8 Å². The number of carboxylic acid groups (broad SMARTS) is 1. The van der Waals surface area contributed by atoms with Gasteiger partial charge in [-0.15, -0.1) is 0 Å². The standard InChI is InChI=1S/C18H27NO2/c1-13-9-14(11-15(10-13)18(2,3)4)12-19-8-6-5-7-16(19)17(20)21/h9-11,16H,5-8,12H2,1-4H3,(H,20,21). The third-order valence-electron chi connectivity index (χ3n) is 4.29. The average molecular weight is 289 g/mol. The first-order chi connectivity index (χ1) is 9.77. The van der Waals surface area contributed by atoms with Gasteiger partial charge in [0.1, 0.15) is 6.04 Å². The smallest absolute Gasteiger partial charge is 0.320 e. The van der Waals surface area contributed by atoms with Crippen molar-refractivity contribution < 1.29 is 9.90 Å². The Labute approximate surface area is 128 Å². The van der Waals surface area contributed by atoms with E-state index in [0.717, 1.165) is 32.4 Å². The molecule has 0 aromatic heterocycles. The van der Waals surface area contributed by atoms with E-state index in [1.54, 1.807) is 0 Å². The lowest BCUT2D eigenvalue weighted by Gasteiger charge is -2.33. The molecule has 3 nitrogen and oxygen atoms in total. The summed E-state index contributed by atoms with van der Waals surface area (Å²) in [5.41, 5.74) is 3.92. The van der Waals surface area contributed by atoms with Crippen LogP contribution in [0.5, 0.6) is 0 Å². The Morgan fingerprint density at radius 1 is 1.29 bits per heavy atom. The molecule has 1 aromatic carbocycles. The largest absolute Gasteiger partial charge is 0.480 e. The van der Waals surface area contributed by atoms with Crippen molar-refractivity contribution in [2.45, 2.75) is 65.0 Å². The number of piperidine rings is 1. The predicted octanol–water partition coefficient (Wildman–Crippen LogP) is 3.73. The first kappa shape index (κ1) is 16.0. The molecule has 1 fully saturated rings. The van der Waals surface area contributed by atoms with Crippen molar-refractivity contribution in [2.75, 3.05) is 6.54 Å². The molecule has 0 spiro atoms. The van der Waals surface area contributed by atoms with Crippen LogP contribution in [0.2, 0.25) is 0 Å². The second-order valence-electron chi connectivity index (χ2n) is 7.28. The molecule has 1 atom stereocenters. The molecule has 1 N–H and O–H groups in total. The van der Waals surface area contributed by atoms with E-state index in [0.29, 0.717) is 0 Å². The molecule has 0 bridgehead atoms. The Kier molecular flexibility index (Phi) is 4.72. The average Bonchev–Trinajstić information content (AvgIpc) is 2.37. The molecule has 1 aliphatic heterocycles. The quantitative estimate of drug-likeness (QED) is 0.921. The van der Waals surface area contributed by atoms with Gasteiger partial charge in [-0.05, 0) is 42.9 Å². The van der Waals surface area contributed by atoms with Gasteiger partial charge in [-0.1, -0.05) is 51.0 Å². The number of carbonyl (C=O) groups is 1. The third kappa shape index (κ3) is 4.07. The molecule has 1 unspecified atom stereocenters. The summed E-state index contributed by atoms with van der Waals surface area (Å²) in [4.78, 5) is 13.5. The van der Waals surface area contributed by atoms with E-state index in [-0.39, 0.29) is 11.5 Å². The highest BCUT2D eigenvalue weighted by Gasteiger charge is 2.28. The zero-order valence-corrected chi connectivity index (χ0v) is 13.6. The van der Waals surface area contributed by atoms with Gasteiger partial charge in [-0.25, -0.2) is 0 Å². The summed E-state index contributed by atoms with van der Waals surface area (Å²) in [7, 11) is 0. The van der Waals surface area contributed by atoms with Crippen LogP contribution in [0.1, 0.15) is 56.7 Å². The van der Waals surface area contributed by atoms with Gasteiger partial charge in [0.2, 0.25) is 0 Å². The summed E-state index contributed by atoms with van der Waals surface area (Å²) in [6.45, 7) is 10.4. The van der Waals surface area contributed by atoms with Crippen LogP contribution in [-0.4, -0.2) is 28.6 Å². The van der Waals surface area contributed by atoms with Gasteiger partial charge in [0.25, 0.3) is 0 Å². The van der Waals surface area contributed by atoms with Crippen molar-refractivity contribution in [2.24, 2.45) is 0 Å². The van der Waals surface area contributed by atoms with Crippen LogP contribution in [0.3, 0.4) is 0 Å². The number of likely N-dealkylation sites (tertiary alicyclic amines) is 1. The number of hydrogen-bond acceptors (Lipinski definition) is 2. The maximum atomic E-state index is 11.4. The van der Waals surface area contributed by atoms with Crippen molar-refractivity contribution in [1.82, 2.24) is 4.90 Å². The number of hydrogen-bond donors (Lipinski definition) is 1. The molecule has 1 aromatic rings. The van der Waals surface area contributed by atoms with E-state index in [1.165, 1.54) is 16.7 Å². The van der Waals surface area contributed by atoms with Crippen molar-refractivity contribution >= 4 is 5.97 Å². The number of aliphatic carboxylic acids is 1. The second kappa shape index (κ2) is 6.18. The second-order valence-corrected chi connectivity index (χ2v) is 7.28. The molecule has 0 amide bonds. The van der Waals surface area contributed by atoms with Crippen LogP contribution in [0.25, 0.3) is 0 Å². The number of benzene rings is 1. The minimum absolute atomic E-state index is 0.120. The lowest BCUT2D eigenvalue weighted by Crippen LogP contribution is -2.44. The monoisotopic (exact) mass is 289 g/mol. The minimum Gasteiger partial charge on any atom is -0.480 e. The number of carboxylic acids is 1. The summed E-state index contributed by atoms with van der Waals surface area (Å²) in [6, 6.07) is 6.33. The zero-order valence-electron chi connectivity index (χ0n) is 13.6. The van der Waals surface area contributed by atoms with E-state index >= 15 is 0 Å². The van der Waals surface area contributed by atoms with Crippen LogP contribution >= 0.6 is 0 Å². The Balaban J connectivity index is 2.22. The van der Waals surface area contributed by atoms with Crippen molar-refractivity contribution in [1.29, 1.82) is 0 Å². The van der Waals surface area contributed by atoms with Gasteiger partial charge in [-0.3, -0.25) is 9.69 Å². The first-order valence-electron chi connectivity index (χ1n) is 7.85. The van der Waals surface area contributed by atoms with Crippen LogP contribution in [0.15, 0.2) is 18.2 Å². The summed E-state index contributed by atoms with van der Waals surface area (Å²) in [5, 5.41) is 9.38. The predicted molar refractivity (Wildman–Crippen MR) is 85.6 cm³/mol. The topological polar surface area (TPSA) is 40.5 Å². The fourth-order valence-corrected chi connectivity index (χ4v) is 3.08. The summed E-state index contributed by atoms with van der Waals surface area (Å²) < 4.78 is 0. The SMILES string of the molecule is Cc1cc(CN2CCCCC2C(=O)O)cc(C(C)(C)C)c1. The minimum atomic E-state index is -0.682. The highest BCUT2D eigenvalue weighted by Crippen LogP contribution is 2.26. The number of aryl methyl sites for hydroxylation is 1. The molecule has 1 saturated heterocycles. The maximum absolute atomic E-state index is 11.4. The summed E-state index contributed by atoms with van der Waals surface area (Å²) in [6.07, 6.45) is 2.89. The van der Waals surface area contributed by atoms with Gasteiger partial charge in [0.15, 0.2) is 0 Å². The lowest BCUT2D eigenvalue weighted by atomic mass is 9.85. The summed E-state index contributed by atoms with van der Waals surface area (Å²) >= 11 is 0. The van der Waals surface area contributed by atoms with Gasteiger partial charge in [0.05, 0.1) is 0 Å². The number of nitrogens with zero attached hydrogens (tertiary/aromatic N) is 1. The Morgan fingerprint density at radius 3 is 2.62 bits per heavy atom. The fraction of sp³-hybridized carbons (Fsp3) is 0.611. The van der Waals surface area contributed by atoms with Gasteiger partial charge >= 0.3 is 5.97 Å². The van der Waals surface area contributed by atoms with Crippen LogP contribution in [0, 0.1) is 6.92 Å². The Hall–Kier alpha value is -1.35. The van der Waals surface area contributed by atoms with E-state index < -0.39 is 5.97 Å². The van der Waals surface area contributed by atoms with Gasteiger partial charge in [-0.2, -0.15) is 0 Å². The lowest BCUT2D eigenvalue weighted by molar-refractivity contribution is -0.144. The van der Waals surface area contributed by atoms with Gasteiger partial charge in [0, 0.05) is 6.54 Å². The van der Waals surface area contributed by atoms with Crippen LogP contribution in [-0.2, 0) is 16.8 Å². The number of rotatable bonds is 3. The maximum Gasteiger partial charge on any atom is 0.320 e. The van der Waals surface area contributed by atoms with E-state index in [1.807, 2.05) is 0 Å². The molecule has 1 aliphatic rings. The van der Waals surface area contributed by atoms with Crippen LogP contribution in [0.4, 0.5) is 0 Å². The zero-order chi connectivity index (χ0) is 15.6. The van der Waals surface area contributed by atoms with Crippen molar-refractivity contribution in [3.05, 3.63) is 34.9 Å². The van der Waals surface area contributed by atoms with E-state index in [9.17, 15) is 9.90 Å². The first-order valence-corrected chi connectivity index (χ1v) is 7.85. The molecule has 1 heterocycles. The fourth-order valence-electron chi connectivity index (χ4n) is 3.08. The molecule has 116 valence electrons.